The molecule has 1 amide bonds. The molecule has 0 aliphatic rings. The maximum Gasteiger partial charge on any atom is 0.242 e. The highest BCUT2D eigenvalue weighted by Gasteiger charge is 2.12. The topological polar surface area (TPSA) is 53.2 Å². The summed E-state index contributed by atoms with van der Waals surface area (Å²) in [6.07, 6.45) is 0. The molecular weight excluding hydrogens is 265 g/mol. The Labute approximate surface area is 117 Å². The second-order valence-electron chi connectivity index (χ2n) is 4.18. The minimum absolute atomic E-state index is 0.137. The minimum atomic E-state index is -0.449. The summed E-state index contributed by atoms with van der Waals surface area (Å²) in [5.74, 6) is -0.439. The Morgan fingerprint density at radius 3 is 2.74 bits per heavy atom. The molecule has 19 heavy (non-hydrogen) atoms. The van der Waals surface area contributed by atoms with Crippen molar-refractivity contribution in [3.05, 3.63) is 29.6 Å². The Balaban J connectivity index is 2.55. The minimum Gasteiger partial charge on any atom is -0.355 e. The van der Waals surface area contributed by atoms with Gasteiger partial charge in [0.25, 0.3) is 0 Å². The highest BCUT2D eigenvalue weighted by Crippen LogP contribution is 2.13. The first-order valence-electron chi connectivity index (χ1n) is 6.05. The van der Waals surface area contributed by atoms with Gasteiger partial charge in [0.2, 0.25) is 5.91 Å². The first-order valence-corrected chi connectivity index (χ1v) is 6.46. The van der Waals surface area contributed by atoms with Gasteiger partial charge in [0.15, 0.2) is 5.11 Å². The summed E-state index contributed by atoms with van der Waals surface area (Å²) in [6, 6.07) is 4.30. The zero-order valence-electron chi connectivity index (χ0n) is 11.2. The molecule has 0 saturated carbocycles. The Bertz CT molecular complexity index is 479. The fourth-order valence-corrected chi connectivity index (χ4v) is 1.72. The fraction of sp³-hybridized carbons (Fsp3) is 0.385. The lowest BCUT2D eigenvalue weighted by Gasteiger charge is -2.16. The van der Waals surface area contributed by atoms with Crippen LogP contribution in [-0.2, 0) is 4.79 Å². The van der Waals surface area contributed by atoms with Crippen molar-refractivity contribution >= 4 is 28.9 Å². The van der Waals surface area contributed by atoms with Gasteiger partial charge in [-0.1, -0.05) is 6.07 Å². The molecule has 1 atom stereocenters. The number of hydrogen-bond donors (Lipinski definition) is 3. The van der Waals surface area contributed by atoms with E-state index in [9.17, 15) is 9.18 Å². The molecule has 0 fully saturated rings. The first-order chi connectivity index (χ1) is 8.93. The van der Waals surface area contributed by atoms with Gasteiger partial charge < -0.3 is 16.0 Å². The predicted molar refractivity (Wildman–Crippen MR) is 78.6 cm³/mol. The third kappa shape index (κ3) is 4.82. The molecule has 0 radical (unpaired) electrons. The lowest BCUT2D eigenvalue weighted by molar-refractivity contribution is -0.122. The molecule has 0 spiro atoms. The van der Waals surface area contributed by atoms with Gasteiger partial charge in [-0.25, -0.2) is 4.39 Å². The summed E-state index contributed by atoms with van der Waals surface area (Å²) in [6.45, 7) is 5.80. The van der Waals surface area contributed by atoms with Crippen LogP contribution in [0.25, 0.3) is 0 Å². The molecule has 0 aromatic heterocycles. The van der Waals surface area contributed by atoms with Gasteiger partial charge in [0, 0.05) is 12.2 Å². The number of anilines is 1. The number of halogens is 1. The quantitative estimate of drug-likeness (QED) is 0.739. The standard InChI is InChI=1S/C13H18FN3OS/c1-4-15-12(18)9(3)16-13(19)17-10-6-5-8(2)11(14)7-10/h5-7,9H,4H2,1-3H3,(H,15,18)(H2,16,17,19)/t9-/m1/s1. The second-order valence-corrected chi connectivity index (χ2v) is 4.59. The molecule has 1 aromatic rings. The van der Waals surface area contributed by atoms with Crippen molar-refractivity contribution in [2.24, 2.45) is 0 Å². The summed E-state index contributed by atoms with van der Waals surface area (Å²) in [5, 5.41) is 8.63. The number of hydrogen-bond acceptors (Lipinski definition) is 2. The summed E-state index contributed by atoms with van der Waals surface area (Å²) in [7, 11) is 0. The number of aryl methyl sites for hydroxylation is 1. The normalized spacial score (nSPS) is 11.6. The van der Waals surface area contributed by atoms with Gasteiger partial charge in [-0.15, -0.1) is 0 Å². The Kier molecular flexibility index (Phi) is 5.69. The van der Waals surface area contributed by atoms with Crippen LogP contribution in [0.1, 0.15) is 19.4 Å². The fourth-order valence-electron chi connectivity index (χ4n) is 1.43. The van der Waals surface area contributed by atoms with E-state index in [1.807, 2.05) is 6.92 Å². The van der Waals surface area contributed by atoms with Crippen LogP contribution >= 0.6 is 12.2 Å². The summed E-state index contributed by atoms with van der Waals surface area (Å²) in [5.41, 5.74) is 1.11. The van der Waals surface area contributed by atoms with E-state index in [0.717, 1.165) is 0 Å². The van der Waals surface area contributed by atoms with Crippen molar-refractivity contribution in [3.63, 3.8) is 0 Å². The number of thiocarbonyl (C=S) groups is 1. The van der Waals surface area contributed by atoms with E-state index in [0.29, 0.717) is 17.8 Å². The Hall–Kier alpha value is -1.69. The number of carbonyl (C=O) groups is 1. The highest BCUT2D eigenvalue weighted by atomic mass is 32.1. The van der Waals surface area contributed by atoms with Crippen molar-refractivity contribution in [1.29, 1.82) is 0 Å². The highest BCUT2D eigenvalue weighted by molar-refractivity contribution is 7.80. The molecule has 6 heteroatoms. The SMILES string of the molecule is CCNC(=O)[C@@H](C)NC(=S)Nc1ccc(C)c(F)c1. The molecule has 0 unspecified atom stereocenters. The maximum atomic E-state index is 13.4. The van der Waals surface area contributed by atoms with Gasteiger partial charge in [-0.2, -0.15) is 0 Å². The largest absolute Gasteiger partial charge is 0.355 e. The smallest absolute Gasteiger partial charge is 0.242 e. The molecule has 0 bridgehead atoms. The van der Waals surface area contributed by atoms with Crippen LogP contribution in [-0.4, -0.2) is 23.6 Å². The molecule has 1 aromatic carbocycles. The van der Waals surface area contributed by atoms with Crippen LogP contribution in [0.2, 0.25) is 0 Å². The number of benzene rings is 1. The molecule has 0 saturated heterocycles. The molecule has 4 nitrogen and oxygen atoms in total. The van der Waals surface area contributed by atoms with E-state index in [1.165, 1.54) is 6.07 Å². The van der Waals surface area contributed by atoms with Crippen molar-refractivity contribution in [3.8, 4) is 0 Å². The average Bonchev–Trinajstić information content (AvgIpc) is 2.34. The van der Waals surface area contributed by atoms with E-state index in [-0.39, 0.29) is 16.8 Å². The number of carbonyl (C=O) groups excluding carboxylic acids is 1. The molecule has 0 aliphatic heterocycles. The molecule has 104 valence electrons. The second kappa shape index (κ2) is 7.04. The third-order valence-electron chi connectivity index (χ3n) is 2.52. The van der Waals surface area contributed by atoms with E-state index >= 15 is 0 Å². The number of amides is 1. The summed E-state index contributed by atoms with van der Waals surface area (Å²) >= 11 is 5.07. The van der Waals surface area contributed by atoms with E-state index < -0.39 is 6.04 Å². The predicted octanol–water partition coefficient (Wildman–Crippen LogP) is 1.95. The Morgan fingerprint density at radius 1 is 1.47 bits per heavy atom. The van der Waals surface area contributed by atoms with Gasteiger partial charge in [-0.3, -0.25) is 4.79 Å². The number of likely N-dealkylation sites (N-methyl/N-ethyl adjacent to an activating group) is 1. The first kappa shape index (κ1) is 15.4. The lowest BCUT2D eigenvalue weighted by atomic mass is 10.2. The van der Waals surface area contributed by atoms with Crippen LogP contribution in [0.4, 0.5) is 10.1 Å². The zero-order chi connectivity index (χ0) is 14.4. The lowest BCUT2D eigenvalue weighted by Crippen LogP contribution is -2.46. The van der Waals surface area contributed by atoms with Crippen LogP contribution in [0.3, 0.4) is 0 Å². The number of nitrogens with one attached hydrogen (secondary N) is 3. The third-order valence-corrected chi connectivity index (χ3v) is 2.74. The van der Waals surface area contributed by atoms with Crippen molar-refractivity contribution in [2.45, 2.75) is 26.8 Å². The average molecular weight is 283 g/mol. The van der Waals surface area contributed by atoms with Crippen LogP contribution in [0.15, 0.2) is 18.2 Å². The van der Waals surface area contributed by atoms with Crippen molar-refractivity contribution in [1.82, 2.24) is 10.6 Å². The number of rotatable bonds is 4. The van der Waals surface area contributed by atoms with Crippen LogP contribution < -0.4 is 16.0 Å². The molecule has 0 heterocycles. The Morgan fingerprint density at radius 2 is 2.16 bits per heavy atom. The van der Waals surface area contributed by atoms with Gasteiger partial charge in [0.1, 0.15) is 11.9 Å². The molecule has 3 N–H and O–H groups in total. The van der Waals surface area contributed by atoms with Crippen molar-refractivity contribution in [2.75, 3.05) is 11.9 Å². The monoisotopic (exact) mass is 283 g/mol. The van der Waals surface area contributed by atoms with E-state index in [4.69, 9.17) is 12.2 Å². The van der Waals surface area contributed by atoms with Gasteiger partial charge >= 0.3 is 0 Å². The molecular formula is C13H18FN3OS. The van der Waals surface area contributed by atoms with Gasteiger partial charge in [-0.05, 0) is 50.7 Å². The van der Waals surface area contributed by atoms with Crippen molar-refractivity contribution < 1.29 is 9.18 Å². The van der Waals surface area contributed by atoms with E-state index in [1.54, 1.807) is 26.0 Å². The van der Waals surface area contributed by atoms with Crippen LogP contribution in [0, 0.1) is 12.7 Å². The molecule has 1 rings (SSSR count). The molecule has 0 aliphatic carbocycles. The maximum absolute atomic E-state index is 13.4. The summed E-state index contributed by atoms with van der Waals surface area (Å²) in [4.78, 5) is 11.5. The van der Waals surface area contributed by atoms with Crippen LogP contribution in [0.5, 0.6) is 0 Å². The summed E-state index contributed by atoms with van der Waals surface area (Å²) < 4.78 is 13.4. The zero-order valence-corrected chi connectivity index (χ0v) is 12.0. The van der Waals surface area contributed by atoms with E-state index in [2.05, 4.69) is 16.0 Å². The van der Waals surface area contributed by atoms with Gasteiger partial charge in [0.05, 0.1) is 0 Å².